The van der Waals surface area contributed by atoms with Crippen LogP contribution in [0.2, 0.25) is 0 Å². The zero-order valence-electron chi connectivity index (χ0n) is 12.3. The Kier molecular flexibility index (Phi) is 4.67. The topological polar surface area (TPSA) is 98.7 Å². The summed E-state index contributed by atoms with van der Waals surface area (Å²) in [6.45, 7) is 0.463. The van der Waals surface area contributed by atoms with Crippen molar-refractivity contribution in [1.29, 1.82) is 0 Å². The highest BCUT2D eigenvalue weighted by Gasteiger charge is 2.07. The maximum atomic E-state index is 11.9. The molecule has 3 rings (SSSR count). The summed E-state index contributed by atoms with van der Waals surface area (Å²) in [5.41, 5.74) is 1.86. The average molecular weight is 330 g/mol. The lowest BCUT2D eigenvalue weighted by molar-refractivity contribution is -0.118. The number of rotatable bonds is 6. The Morgan fingerprint density at radius 3 is 2.83 bits per heavy atom. The second-order valence-electron chi connectivity index (χ2n) is 4.74. The second-order valence-corrected chi connectivity index (χ2v) is 5.68. The lowest BCUT2D eigenvalue weighted by Gasteiger charge is -2.05. The summed E-state index contributed by atoms with van der Waals surface area (Å²) < 4.78 is 6.48. The molecule has 1 aromatic carbocycles. The van der Waals surface area contributed by atoms with E-state index in [1.54, 1.807) is 10.9 Å². The maximum absolute atomic E-state index is 11.9. The van der Waals surface area contributed by atoms with Crippen LogP contribution in [-0.2, 0) is 18.4 Å². The number of amides is 1. The zero-order chi connectivity index (χ0) is 16.1. The first-order valence-corrected chi connectivity index (χ1v) is 7.80. The SMILES string of the molecule is Cn1cnnc1SCC(=O)NCc1ccc(-c2ncon2)cc1. The van der Waals surface area contributed by atoms with E-state index >= 15 is 0 Å². The van der Waals surface area contributed by atoms with Crippen LogP contribution in [0.15, 0.2) is 46.7 Å². The Hall–Kier alpha value is -2.68. The first kappa shape index (κ1) is 15.2. The van der Waals surface area contributed by atoms with Gasteiger partial charge in [-0.3, -0.25) is 4.79 Å². The number of nitrogens with zero attached hydrogens (tertiary/aromatic N) is 5. The molecule has 3 aromatic rings. The molecule has 8 nitrogen and oxygen atoms in total. The summed E-state index contributed by atoms with van der Waals surface area (Å²) in [4.78, 5) is 15.8. The van der Waals surface area contributed by atoms with Gasteiger partial charge in [0.15, 0.2) is 5.16 Å². The number of thioether (sulfide) groups is 1. The average Bonchev–Trinajstić information content (AvgIpc) is 3.23. The van der Waals surface area contributed by atoms with Crippen LogP contribution in [0.3, 0.4) is 0 Å². The summed E-state index contributed by atoms with van der Waals surface area (Å²) >= 11 is 1.35. The fraction of sp³-hybridized carbons (Fsp3) is 0.214. The van der Waals surface area contributed by atoms with Gasteiger partial charge in [-0.25, -0.2) is 0 Å². The molecular formula is C14H14N6O2S. The molecule has 2 aromatic heterocycles. The maximum Gasteiger partial charge on any atom is 0.230 e. The summed E-state index contributed by atoms with van der Waals surface area (Å²) in [7, 11) is 1.84. The number of hydrogen-bond donors (Lipinski definition) is 1. The van der Waals surface area contributed by atoms with E-state index in [1.807, 2.05) is 31.3 Å². The number of carbonyl (C=O) groups excluding carboxylic acids is 1. The molecule has 0 atom stereocenters. The first-order chi connectivity index (χ1) is 11.2. The third-order valence-electron chi connectivity index (χ3n) is 3.07. The standard InChI is InChI=1S/C14H14N6O2S/c1-20-8-17-18-14(20)23-7-12(21)15-6-10-2-4-11(5-3-10)13-16-9-22-19-13/h2-5,8-9H,6-7H2,1H3,(H,15,21). The molecule has 0 aliphatic carbocycles. The highest BCUT2D eigenvalue weighted by molar-refractivity contribution is 7.99. The lowest BCUT2D eigenvalue weighted by Crippen LogP contribution is -2.24. The van der Waals surface area contributed by atoms with Crippen molar-refractivity contribution in [3.8, 4) is 11.4 Å². The van der Waals surface area contributed by atoms with Crippen molar-refractivity contribution >= 4 is 17.7 Å². The second kappa shape index (κ2) is 7.05. The number of nitrogens with one attached hydrogen (secondary N) is 1. The molecule has 0 spiro atoms. The Morgan fingerprint density at radius 1 is 1.35 bits per heavy atom. The molecule has 9 heteroatoms. The Labute approximate surface area is 136 Å². The Morgan fingerprint density at radius 2 is 2.17 bits per heavy atom. The Balaban J connectivity index is 1.48. The summed E-state index contributed by atoms with van der Waals surface area (Å²) in [6, 6.07) is 7.62. The van der Waals surface area contributed by atoms with Gasteiger partial charge in [0.2, 0.25) is 18.1 Å². The van der Waals surface area contributed by atoms with Crippen LogP contribution in [0.1, 0.15) is 5.56 Å². The molecule has 1 amide bonds. The van der Waals surface area contributed by atoms with Crippen molar-refractivity contribution in [2.45, 2.75) is 11.7 Å². The summed E-state index contributed by atoms with van der Waals surface area (Å²) in [5.74, 6) is 0.786. The molecule has 0 aliphatic heterocycles. The van der Waals surface area contributed by atoms with Crippen LogP contribution in [0.25, 0.3) is 11.4 Å². The normalized spacial score (nSPS) is 10.7. The number of aromatic nitrogens is 5. The lowest BCUT2D eigenvalue weighted by atomic mass is 10.1. The van der Waals surface area contributed by atoms with Crippen molar-refractivity contribution in [3.05, 3.63) is 42.5 Å². The van der Waals surface area contributed by atoms with E-state index in [4.69, 9.17) is 4.52 Å². The molecule has 0 fully saturated rings. The minimum atomic E-state index is -0.0553. The predicted octanol–water partition coefficient (Wildman–Crippen LogP) is 1.27. The van der Waals surface area contributed by atoms with Gasteiger partial charge in [-0.05, 0) is 5.56 Å². The van der Waals surface area contributed by atoms with Gasteiger partial charge >= 0.3 is 0 Å². The van der Waals surface area contributed by atoms with E-state index in [2.05, 4.69) is 25.7 Å². The van der Waals surface area contributed by atoms with E-state index < -0.39 is 0 Å². The van der Waals surface area contributed by atoms with Crippen LogP contribution in [0.5, 0.6) is 0 Å². The Bertz CT molecular complexity index is 769. The van der Waals surface area contributed by atoms with Crippen LogP contribution in [0, 0.1) is 0 Å². The van der Waals surface area contributed by atoms with E-state index in [1.165, 1.54) is 18.2 Å². The van der Waals surface area contributed by atoms with Crippen LogP contribution in [0.4, 0.5) is 0 Å². The molecule has 1 N–H and O–H groups in total. The molecule has 118 valence electrons. The van der Waals surface area contributed by atoms with E-state index in [9.17, 15) is 4.79 Å². The van der Waals surface area contributed by atoms with Gasteiger partial charge in [0.05, 0.1) is 5.75 Å². The van der Waals surface area contributed by atoms with Crippen molar-refractivity contribution in [1.82, 2.24) is 30.2 Å². The monoisotopic (exact) mass is 330 g/mol. The number of hydrogen-bond acceptors (Lipinski definition) is 7. The predicted molar refractivity (Wildman–Crippen MR) is 83.3 cm³/mol. The van der Waals surface area contributed by atoms with Crippen LogP contribution >= 0.6 is 11.8 Å². The molecular weight excluding hydrogens is 316 g/mol. The van der Waals surface area contributed by atoms with Gasteiger partial charge in [0, 0.05) is 19.2 Å². The van der Waals surface area contributed by atoms with Crippen LogP contribution < -0.4 is 5.32 Å². The van der Waals surface area contributed by atoms with E-state index in [0.29, 0.717) is 23.3 Å². The summed E-state index contributed by atoms with van der Waals surface area (Å²) in [5, 5.41) is 15.0. The zero-order valence-corrected chi connectivity index (χ0v) is 13.2. The van der Waals surface area contributed by atoms with Crippen molar-refractivity contribution in [3.63, 3.8) is 0 Å². The van der Waals surface area contributed by atoms with Crippen molar-refractivity contribution in [2.75, 3.05) is 5.75 Å². The first-order valence-electron chi connectivity index (χ1n) is 6.81. The molecule has 2 heterocycles. The molecule has 0 aliphatic rings. The number of carbonyl (C=O) groups is 1. The smallest absolute Gasteiger partial charge is 0.230 e. The highest BCUT2D eigenvalue weighted by Crippen LogP contribution is 2.15. The highest BCUT2D eigenvalue weighted by atomic mass is 32.2. The van der Waals surface area contributed by atoms with Crippen molar-refractivity contribution < 1.29 is 9.32 Å². The quantitative estimate of drug-likeness (QED) is 0.680. The van der Waals surface area contributed by atoms with Gasteiger partial charge in [-0.15, -0.1) is 10.2 Å². The fourth-order valence-corrected chi connectivity index (χ4v) is 2.57. The summed E-state index contributed by atoms with van der Waals surface area (Å²) in [6.07, 6.45) is 2.89. The molecule has 0 bridgehead atoms. The van der Waals surface area contributed by atoms with Gasteiger partial charge in [-0.1, -0.05) is 41.2 Å². The van der Waals surface area contributed by atoms with Crippen molar-refractivity contribution in [2.24, 2.45) is 7.05 Å². The molecule has 0 unspecified atom stereocenters. The fourth-order valence-electron chi connectivity index (χ4n) is 1.85. The number of aryl methyl sites for hydroxylation is 1. The number of benzene rings is 1. The third kappa shape index (κ3) is 3.95. The molecule has 23 heavy (non-hydrogen) atoms. The largest absolute Gasteiger partial charge is 0.351 e. The molecule has 0 saturated heterocycles. The third-order valence-corrected chi connectivity index (χ3v) is 4.10. The van der Waals surface area contributed by atoms with Gasteiger partial charge in [0.1, 0.15) is 6.33 Å². The van der Waals surface area contributed by atoms with Gasteiger partial charge in [0.25, 0.3) is 0 Å². The molecule has 0 saturated carbocycles. The minimum absolute atomic E-state index is 0.0553. The van der Waals surface area contributed by atoms with Crippen LogP contribution in [-0.4, -0.2) is 36.6 Å². The van der Waals surface area contributed by atoms with Gasteiger partial charge in [-0.2, -0.15) is 4.98 Å². The molecule has 0 radical (unpaired) electrons. The van der Waals surface area contributed by atoms with E-state index in [0.717, 1.165) is 11.1 Å². The minimum Gasteiger partial charge on any atom is -0.351 e. The van der Waals surface area contributed by atoms with E-state index in [-0.39, 0.29) is 5.91 Å². The van der Waals surface area contributed by atoms with Gasteiger partial charge < -0.3 is 14.4 Å².